The summed E-state index contributed by atoms with van der Waals surface area (Å²) in [6.07, 6.45) is 2.60. The normalized spacial score (nSPS) is 15.7. The summed E-state index contributed by atoms with van der Waals surface area (Å²) < 4.78 is 31.9. The van der Waals surface area contributed by atoms with Crippen molar-refractivity contribution in [1.29, 1.82) is 0 Å². The van der Waals surface area contributed by atoms with Gasteiger partial charge in [-0.2, -0.15) is 4.98 Å². The lowest BCUT2D eigenvalue weighted by atomic mass is 10.2. The molecule has 3 aromatic rings. The number of nitrogens with zero attached hydrogens (tertiary/aromatic N) is 4. The Bertz CT molecular complexity index is 1400. The first kappa shape index (κ1) is 28.9. The first-order valence-corrected chi connectivity index (χ1v) is 15.2. The van der Waals surface area contributed by atoms with E-state index in [2.05, 4.69) is 50.6 Å². The smallest absolute Gasteiger partial charge is 0.229 e. The molecule has 0 saturated carbocycles. The van der Waals surface area contributed by atoms with Crippen molar-refractivity contribution in [3.8, 4) is 5.75 Å². The second kappa shape index (κ2) is 12.4. The quantitative estimate of drug-likeness (QED) is 0.305. The fourth-order valence-electron chi connectivity index (χ4n) is 4.62. The van der Waals surface area contributed by atoms with E-state index in [1.54, 1.807) is 24.3 Å². The van der Waals surface area contributed by atoms with Crippen molar-refractivity contribution in [2.45, 2.75) is 38.1 Å². The Morgan fingerprint density at radius 3 is 2.62 bits per heavy atom. The second-order valence-corrected chi connectivity index (χ2v) is 12.7. The zero-order valence-electron chi connectivity index (χ0n) is 23.1. The summed E-state index contributed by atoms with van der Waals surface area (Å²) in [7, 11) is 0.731. The molecule has 11 heteroatoms. The monoisotopic (exact) mass is 572 g/mol. The maximum absolute atomic E-state index is 13.0. The lowest BCUT2D eigenvalue weighted by molar-refractivity contribution is 0.315. The fraction of sp³-hybridized carbons (Fsp3) is 0.429. The molecule has 1 fully saturated rings. The van der Waals surface area contributed by atoms with Crippen LogP contribution in [0.4, 0.5) is 28.8 Å². The number of benzene rings is 2. The second-order valence-electron chi connectivity index (χ2n) is 10.3. The van der Waals surface area contributed by atoms with Gasteiger partial charge in [0, 0.05) is 30.9 Å². The number of sulfone groups is 1. The summed E-state index contributed by atoms with van der Waals surface area (Å²) in [6.45, 7) is 8.16. The van der Waals surface area contributed by atoms with Crippen molar-refractivity contribution in [3.05, 3.63) is 53.7 Å². The lowest BCUT2D eigenvalue weighted by Crippen LogP contribution is -2.31. The third kappa shape index (κ3) is 7.12. The van der Waals surface area contributed by atoms with Crippen LogP contribution in [-0.4, -0.2) is 68.9 Å². The number of ether oxygens (including phenoxy) is 1. The van der Waals surface area contributed by atoms with Gasteiger partial charge in [0.15, 0.2) is 15.7 Å². The van der Waals surface area contributed by atoms with Crippen LogP contribution >= 0.6 is 11.6 Å². The molecule has 1 aromatic heterocycles. The van der Waals surface area contributed by atoms with Gasteiger partial charge in [0.25, 0.3) is 0 Å². The minimum Gasteiger partial charge on any atom is -0.492 e. The maximum Gasteiger partial charge on any atom is 0.229 e. The maximum atomic E-state index is 13.0. The lowest BCUT2D eigenvalue weighted by Gasteiger charge is -2.23. The Hall–Kier alpha value is -3.08. The number of rotatable bonds is 11. The third-order valence-electron chi connectivity index (χ3n) is 6.54. The zero-order valence-corrected chi connectivity index (χ0v) is 24.7. The van der Waals surface area contributed by atoms with Gasteiger partial charge in [0.1, 0.15) is 10.8 Å². The van der Waals surface area contributed by atoms with Crippen molar-refractivity contribution in [1.82, 2.24) is 14.9 Å². The van der Waals surface area contributed by atoms with Gasteiger partial charge in [0.2, 0.25) is 5.95 Å². The minimum absolute atomic E-state index is 0.00713. The number of aromatic nitrogens is 2. The number of hydrogen-bond acceptors (Lipinski definition) is 9. The van der Waals surface area contributed by atoms with Crippen LogP contribution in [0.2, 0.25) is 5.02 Å². The van der Waals surface area contributed by atoms with E-state index in [0.29, 0.717) is 35.9 Å². The fourth-order valence-corrected chi connectivity index (χ4v) is 6.55. The van der Waals surface area contributed by atoms with Crippen LogP contribution < -0.4 is 20.3 Å². The van der Waals surface area contributed by atoms with E-state index in [1.807, 2.05) is 32.9 Å². The van der Waals surface area contributed by atoms with Gasteiger partial charge in [-0.1, -0.05) is 37.6 Å². The molecular weight excluding hydrogens is 536 g/mol. The molecule has 0 spiro atoms. The number of likely N-dealkylation sites (N-methyl/N-ethyl adjacent to an activating group) is 1. The van der Waals surface area contributed by atoms with E-state index in [0.717, 1.165) is 30.9 Å². The van der Waals surface area contributed by atoms with Gasteiger partial charge in [-0.25, -0.2) is 13.4 Å². The molecule has 1 saturated heterocycles. The molecule has 1 aliphatic rings. The molecule has 1 atom stereocenters. The average molecular weight is 573 g/mol. The zero-order chi connectivity index (χ0) is 28.2. The van der Waals surface area contributed by atoms with Gasteiger partial charge < -0.3 is 25.2 Å². The molecule has 1 aliphatic heterocycles. The molecule has 0 amide bonds. The highest BCUT2D eigenvalue weighted by Gasteiger charge is 2.25. The van der Waals surface area contributed by atoms with Gasteiger partial charge in [-0.15, -0.1) is 0 Å². The van der Waals surface area contributed by atoms with Gasteiger partial charge in [-0.3, -0.25) is 0 Å². The van der Waals surface area contributed by atoms with Crippen LogP contribution in [0.15, 0.2) is 53.6 Å². The number of halogens is 1. The van der Waals surface area contributed by atoms with Crippen LogP contribution in [0.25, 0.3) is 0 Å². The first-order chi connectivity index (χ1) is 18.6. The molecule has 9 nitrogen and oxygen atoms in total. The average Bonchev–Trinajstić information content (AvgIpc) is 3.38. The highest BCUT2D eigenvalue weighted by atomic mass is 35.5. The number of nitrogens with one attached hydrogen (secondary N) is 2. The van der Waals surface area contributed by atoms with Crippen molar-refractivity contribution in [3.63, 3.8) is 0 Å². The molecule has 210 valence electrons. The highest BCUT2D eigenvalue weighted by molar-refractivity contribution is 7.91. The Balaban J connectivity index is 1.58. The molecule has 0 bridgehead atoms. The summed E-state index contributed by atoms with van der Waals surface area (Å²) in [5.41, 5.74) is 2.23. The predicted octanol–water partition coefficient (Wildman–Crippen LogP) is 5.59. The molecule has 2 N–H and O–H groups in total. The van der Waals surface area contributed by atoms with Crippen LogP contribution in [-0.2, 0) is 9.84 Å². The van der Waals surface area contributed by atoms with E-state index >= 15 is 0 Å². The number of para-hydroxylation sites is 1. The topological polar surface area (TPSA) is 99.7 Å². The molecule has 0 unspecified atom stereocenters. The summed E-state index contributed by atoms with van der Waals surface area (Å²) in [6, 6.07) is 13.3. The first-order valence-electron chi connectivity index (χ1n) is 13.1. The van der Waals surface area contributed by atoms with E-state index < -0.39 is 9.84 Å². The van der Waals surface area contributed by atoms with Crippen molar-refractivity contribution in [2.24, 2.45) is 5.92 Å². The minimum atomic E-state index is -3.50. The molecule has 2 heterocycles. The van der Waals surface area contributed by atoms with Crippen LogP contribution in [0.3, 0.4) is 0 Å². The molecule has 2 aromatic carbocycles. The Morgan fingerprint density at radius 2 is 1.92 bits per heavy atom. The van der Waals surface area contributed by atoms with Crippen molar-refractivity contribution >= 4 is 50.3 Å². The summed E-state index contributed by atoms with van der Waals surface area (Å²) in [5.74, 6) is 1.32. The van der Waals surface area contributed by atoms with Gasteiger partial charge >= 0.3 is 0 Å². The Kier molecular flexibility index (Phi) is 9.19. The summed E-state index contributed by atoms with van der Waals surface area (Å²) in [4.78, 5) is 13.7. The molecule has 4 rings (SSSR count). The van der Waals surface area contributed by atoms with Crippen molar-refractivity contribution in [2.75, 3.05) is 55.1 Å². The van der Waals surface area contributed by atoms with Crippen LogP contribution in [0.5, 0.6) is 5.75 Å². The number of hydrogen-bond donors (Lipinski definition) is 2. The SMILES string of the molecule is CCOc1cc(N2CC[C@H](N(C)C)C2)ccc1Nc1ncc(Cl)c(Nc2ccccc2S(=O)(=O)CC(C)C)n1. The molecule has 0 aliphatic carbocycles. The molecule has 39 heavy (non-hydrogen) atoms. The molecule has 0 radical (unpaired) electrons. The Morgan fingerprint density at radius 1 is 1.15 bits per heavy atom. The standard InChI is InChI=1S/C28H37ClN6O3S/c1-6-38-25-15-20(35-14-13-21(17-35)34(4)5)11-12-23(25)32-28-30-16-22(29)27(33-28)31-24-9-7-8-10-26(24)39(36,37)18-19(2)3/h7-12,15-16,19,21H,6,13-14,17-18H2,1-5H3,(H2,30,31,32,33)/t21-/m0/s1. The summed E-state index contributed by atoms with van der Waals surface area (Å²) in [5, 5.41) is 6.60. The van der Waals surface area contributed by atoms with Gasteiger partial charge in [0.05, 0.1) is 34.8 Å². The summed E-state index contributed by atoms with van der Waals surface area (Å²) >= 11 is 6.41. The predicted molar refractivity (Wildman–Crippen MR) is 159 cm³/mol. The third-order valence-corrected chi connectivity index (χ3v) is 8.95. The highest BCUT2D eigenvalue weighted by Crippen LogP contribution is 2.35. The van der Waals surface area contributed by atoms with E-state index in [-0.39, 0.29) is 21.6 Å². The van der Waals surface area contributed by atoms with E-state index in [9.17, 15) is 8.42 Å². The van der Waals surface area contributed by atoms with Crippen molar-refractivity contribution < 1.29 is 13.2 Å². The number of anilines is 5. The molecular formula is C28H37ClN6O3S. The Labute approximate surface area is 236 Å². The van der Waals surface area contributed by atoms with Crippen LogP contribution in [0, 0.1) is 5.92 Å². The van der Waals surface area contributed by atoms with E-state index in [1.165, 1.54) is 6.20 Å². The largest absolute Gasteiger partial charge is 0.492 e. The van der Waals surface area contributed by atoms with Gasteiger partial charge in [-0.05, 0) is 57.6 Å². The van der Waals surface area contributed by atoms with E-state index in [4.69, 9.17) is 16.3 Å². The van der Waals surface area contributed by atoms with Crippen LogP contribution in [0.1, 0.15) is 27.2 Å².